The van der Waals surface area contributed by atoms with E-state index in [-0.39, 0.29) is 16.5 Å². The van der Waals surface area contributed by atoms with Crippen LogP contribution in [0, 0.1) is 5.82 Å². The first-order valence-corrected chi connectivity index (χ1v) is 5.11. The topological polar surface area (TPSA) is 55.1 Å². The van der Waals surface area contributed by atoms with Crippen molar-refractivity contribution in [3.63, 3.8) is 0 Å². The molecule has 0 saturated heterocycles. The first-order chi connectivity index (χ1) is 7.65. The minimum atomic E-state index is -0.468. The second-order valence-corrected chi connectivity index (χ2v) is 3.45. The lowest BCUT2D eigenvalue weighted by Crippen LogP contribution is -2.23. The Morgan fingerprint density at radius 3 is 2.88 bits per heavy atom. The zero-order valence-corrected chi connectivity index (χ0v) is 9.30. The van der Waals surface area contributed by atoms with Gasteiger partial charge in [-0.1, -0.05) is 23.8 Å². The SMILES string of the molecule is NC/C=C/CNC(=O)c1ccc(F)cc1Cl. The van der Waals surface area contributed by atoms with Crippen molar-refractivity contribution in [3.05, 3.63) is 46.8 Å². The molecule has 16 heavy (non-hydrogen) atoms. The van der Waals surface area contributed by atoms with Crippen LogP contribution in [0.5, 0.6) is 0 Å². The van der Waals surface area contributed by atoms with Crippen LogP contribution in [-0.2, 0) is 0 Å². The summed E-state index contributed by atoms with van der Waals surface area (Å²) < 4.78 is 12.7. The molecule has 0 aliphatic carbocycles. The molecule has 1 aromatic carbocycles. The average molecular weight is 243 g/mol. The number of hydrogen-bond acceptors (Lipinski definition) is 2. The summed E-state index contributed by atoms with van der Waals surface area (Å²) in [6.07, 6.45) is 3.46. The Balaban J connectivity index is 2.63. The minimum Gasteiger partial charge on any atom is -0.349 e. The average Bonchev–Trinajstić information content (AvgIpc) is 2.24. The van der Waals surface area contributed by atoms with E-state index in [1.165, 1.54) is 12.1 Å². The summed E-state index contributed by atoms with van der Waals surface area (Å²) in [6, 6.07) is 3.64. The second kappa shape index (κ2) is 6.25. The van der Waals surface area contributed by atoms with Crippen molar-refractivity contribution in [1.29, 1.82) is 0 Å². The lowest BCUT2D eigenvalue weighted by Gasteiger charge is -2.04. The fourth-order valence-electron chi connectivity index (χ4n) is 1.10. The largest absolute Gasteiger partial charge is 0.349 e. The van der Waals surface area contributed by atoms with Crippen LogP contribution in [0.1, 0.15) is 10.4 Å². The molecule has 0 heterocycles. The van der Waals surface area contributed by atoms with E-state index in [1.54, 1.807) is 12.2 Å². The Morgan fingerprint density at radius 1 is 1.50 bits per heavy atom. The van der Waals surface area contributed by atoms with Crippen molar-refractivity contribution in [3.8, 4) is 0 Å². The minimum absolute atomic E-state index is 0.0975. The summed E-state index contributed by atoms with van der Waals surface area (Å²) in [5.41, 5.74) is 5.49. The summed E-state index contributed by atoms with van der Waals surface area (Å²) in [7, 11) is 0. The molecule has 0 aliphatic rings. The van der Waals surface area contributed by atoms with Crippen LogP contribution in [0.15, 0.2) is 30.4 Å². The number of amides is 1. The van der Waals surface area contributed by atoms with E-state index in [1.807, 2.05) is 0 Å². The number of carbonyl (C=O) groups is 1. The van der Waals surface area contributed by atoms with Gasteiger partial charge < -0.3 is 11.1 Å². The quantitative estimate of drug-likeness (QED) is 0.790. The molecule has 0 spiro atoms. The molecule has 0 fully saturated rings. The monoisotopic (exact) mass is 242 g/mol. The molecule has 0 aromatic heterocycles. The van der Waals surface area contributed by atoms with Gasteiger partial charge in [0.05, 0.1) is 10.6 Å². The molecule has 0 bridgehead atoms. The predicted octanol–water partition coefficient (Wildman–Crippen LogP) is 1.72. The Hall–Kier alpha value is -1.39. The summed E-state index contributed by atoms with van der Waals surface area (Å²) >= 11 is 5.73. The molecule has 1 rings (SSSR count). The highest BCUT2D eigenvalue weighted by atomic mass is 35.5. The number of halogens is 2. The lowest BCUT2D eigenvalue weighted by molar-refractivity contribution is 0.0958. The molecule has 86 valence electrons. The fourth-order valence-corrected chi connectivity index (χ4v) is 1.35. The summed E-state index contributed by atoms with van der Waals surface area (Å²) in [6.45, 7) is 0.789. The van der Waals surface area contributed by atoms with Crippen molar-refractivity contribution in [2.75, 3.05) is 13.1 Å². The molecule has 3 nitrogen and oxygen atoms in total. The van der Waals surface area contributed by atoms with E-state index in [9.17, 15) is 9.18 Å². The van der Waals surface area contributed by atoms with Gasteiger partial charge >= 0.3 is 0 Å². The van der Waals surface area contributed by atoms with Gasteiger partial charge in [0.1, 0.15) is 5.82 Å². The molecular formula is C11H12ClFN2O. The number of hydrogen-bond donors (Lipinski definition) is 2. The van der Waals surface area contributed by atoms with Gasteiger partial charge in [0, 0.05) is 13.1 Å². The predicted molar refractivity (Wildman–Crippen MR) is 61.9 cm³/mol. The maximum absolute atomic E-state index is 12.7. The van der Waals surface area contributed by atoms with Crippen molar-refractivity contribution in [2.45, 2.75) is 0 Å². The van der Waals surface area contributed by atoms with Crippen LogP contribution in [-0.4, -0.2) is 19.0 Å². The third-order valence-electron chi connectivity index (χ3n) is 1.86. The maximum Gasteiger partial charge on any atom is 0.253 e. The van der Waals surface area contributed by atoms with E-state index in [0.717, 1.165) is 6.07 Å². The van der Waals surface area contributed by atoms with Gasteiger partial charge in [0.2, 0.25) is 0 Å². The smallest absolute Gasteiger partial charge is 0.253 e. The summed E-state index contributed by atoms with van der Waals surface area (Å²) in [5, 5.41) is 2.70. The van der Waals surface area contributed by atoms with Gasteiger partial charge in [-0.2, -0.15) is 0 Å². The van der Waals surface area contributed by atoms with Crippen molar-refractivity contribution >= 4 is 17.5 Å². The van der Waals surface area contributed by atoms with Crippen LogP contribution in [0.2, 0.25) is 5.02 Å². The van der Waals surface area contributed by atoms with Crippen molar-refractivity contribution in [2.24, 2.45) is 5.73 Å². The number of rotatable bonds is 4. The van der Waals surface area contributed by atoms with Crippen LogP contribution < -0.4 is 11.1 Å². The zero-order valence-electron chi connectivity index (χ0n) is 8.54. The van der Waals surface area contributed by atoms with E-state index in [0.29, 0.717) is 13.1 Å². The number of benzene rings is 1. The van der Waals surface area contributed by atoms with Gasteiger partial charge in [0.25, 0.3) is 5.91 Å². The number of nitrogens with two attached hydrogens (primary N) is 1. The molecule has 1 aromatic rings. The van der Waals surface area contributed by atoms with Gasteiger partial charge in [-0.3, -0.25) is 4.79 Å². The Bertz CT molecular complexity index is 407. The normalized spacial score (nSPS) is 10.7. The fraction of sp³-hybridized carbons (Fsp3) is 0.182. The highest BCUT2D eigenvalue weighted by Crippen LogP contribution is 2.16. The zero-order chi connectivity index (χ0) is 12.0. The standard InChI is InChI=1S/C11H12ClFN2O/c12-10-7-8(13)3-4-9(10)11(16)15-6-2-1-5-14/h1-4,7H,5-6,14H2,(H,15,16)/b2-1+. The molecule has 1 amide bonds. The molecule has 0 aliphatic heterocycles. The third kappa shape index (κ3) is 3.64. The van der Waals surface area contributed by atoms with Crippen molar-refractivity contribution in [1.82, 2.24) is 5.32 Å². The Morgan fingerprint density at radius 2 is 2.25 bits per heavy atom. The molecule has 0 radical (unpaired) electrons. The number of nitrogens with one attached hydrogen (secondary N) is 1. The third-order valence-corrected chi connectivity index (χ3v) is 2.17. The van der Waals surface area contributed by atoms with Crippen molar-refractivity contribution < 1.29 is 9.18 Å². The molecule has 0 saturated carbocycles. The molecular weight excluding hydrogens is 231 g/mol. The number of carbonyl (C=O) groups excluding carboxylic acids is 1. The van der Waals surface area contributed by atoms with Gasteiger partial charge in [-0.15, -0.1) is 0 Å². The van der Waals surface area contributed by atoms with Crippen LogP contribution in [0.4, 0.5) is 4.39 Å². The van der Waals surface area contributed by atoms with E-state index in [4.69, 9.17) is 17.3 Å². The van der Waals surface area contributed by atoms with Crippen LogP contribution in [0.3, 0.4) is 0 Å². The van der Waals surface area contributed by atoms with E-state index in [2.05, 4.69) is 5.32 Å². The molecule has 0 atom stereocenters. The highest BCUT2D eigenvalue weighted by molar-refractivity contribution is 6.33. The van der Waals surface area contributed by atoms with E-state index < -0.39 is 5.82 Å². The van der Waals surface area contributed by atoms with Gasteiger partial charge in [0.15, 0.2) is 0 Å². The van der Waals surface area contributed by atoms with E-state index >= 15 is 0 Å². The Labute approximate surface area is 98.1 Å². The molecule has 5 heteroatoms. The second-order valence-electron chi connectivity index (χ2n) is 3.04. The Kier molecular flexibility index (Phi) is 4.95. The van der Waals surface area contributed by atoms with Crippen LogP contribution >= 0.6 is 11.6 Å². The highest BCUT2D eigenvalue weighted by Gasteiger charge is 2.09. The first kappa shape index (κ1) is 12.7. The summed E-state index contributed by atoms with van der Waals surface area (Å²) in [4.78, 5) is 11.6. The lowest BCUT2D eigenvalue weighted by atomic mass is 10.2. The summed E-state index contributed by atoms with van der Waals surface area (Å²) in [5.74, 6) is -0.809. The maximum atomic E-state index is 12.7. The first-order valence-electron chi connectivity index (χ1n) is 4.73. The molecule has 3 N–H and O–H groups in total. The van der Waals surface area contributed by atoms with Gasteiger partial charge in [-0.25, -0.2) is 4.39 Å². The molecule has 0 unspecified atom stereocenters. The van der Waals surface area contributed by atoms with Gasteiger partial charge in [-0.05, 0) is 18.2 Å². The van der Waals surface area contributed by atoms with Crippen LogP contribution in [0.25, 0.3) is 0 Å².